The Kier molecular flexibility index (Phi) is 4.20. The smallest absolute Gasteiger partial charge is 0.349 e. The highest BCUT2D eigenvalue weighted by Crippen LogP contribution is 1.81. The summed E-state index contributed by atoms with van der Waals surface area (Å²) in [5.41, 5.74) is 9.73. The van der Waals surface area contributed by atoms with Crippen LogP contribution >= 0.6 is 0 Å². The fourth-order valence-electron chi connectivity index (χ4n) is 0.450. The summed E-state index contributed by atoms with van der Waals surface area (Å²) in [7, 11) is -4.94. The van der Waals surface area contributed by atoms with Crippen molar-refractivity contribution in [2.75, 3.05) is 11.5 Å². The number of hydrogen-bond donors (Lipinski definition) is 3. The molecule has 0 spiro atoms. The normalized spacial score (nSPS) is 10.3. The maximum Gasteiger partial charge on any atom is 0.415 e. The van der Waals surface area contributed by atoms with Crippen LogP contribution in [0.4, 0.5) is 11.9 Å². The molecule has 0 radical (unpaired) electrons. The van der Waals surface area contributed by atoms with E-state index in [4.69, 9.17) is 30.1 Å². The van der Waals surface area contributed by atoms with Gasteiger partial charge in [0.25, 0.3) is 0 Å². The summed E-state index contributed by atoms with van der Waals surface area (Å²) in [4.78, 5) is 18.3. The second-order valence-electron chi connectivity index (χ2n) is 1.84. The van der Waals surface area contributed by atoms with Crippen molar-refractivity contribution in [3.05, 3.63) is 10.5 Å². The van der Waals surface area contributed by atoms with Gasteiger partial charge in [-0.05, 0) is 0 Å². The van der Waals surface area contributed by atoms with Crippen LogP contribution in [0.25, 0.3) is 0 Å². The van der Waals surface area contributed by atoms with E-state index in [-0.39, 0.29) is 11.9 Å². The Morgan fingerprint density at radius 1 is 1.29 bits per heavy atom. The fraction of sp³-hybridized carbons (Fsp3) is 0. The van der Waals surface area contributed by atoms with Gasteiger partial charge in [0.1, 0.15) is 0 Å². The molecule has 0 bridgehead atoms. The molecule has 0 amide bonds. The molecule has 0 aliphatic carbocycles. The van der Waals surface area contributed by atoms with Gasteiger partial charge in [0.05, 0.1) is 0 Å². The molecule has 0 saturated heterocycles. The minimum Gasteiger partial charge on any atom is -0.349 e. The molecule has 1 aromatic heterocycles. The molecule has 0 aromatic carbocycles. The monoisotopic (exact) mass is 227 g/mol. The lowest BCUT2D eigenvalue weighted by molar-refractivity contribution is -2.00. The van der Waals surface area contributed by atoms with Crippen molar-refractivity contribution in [2.24, 2.45) is 0 Å². The molecule has 80 valence electrons. The summed E-state index contributed by atoms with van der Waals surface area (Å²) in [6, 6.07) is 0. The summed E-state index contributed by atoms with van der Waals surface area (Å²) < 4.78 is 34.0. The number of hydrogen-bond acceptors (Lipinski definition) is 8. The number of aromatic nitrogens is 3. The second-order valence-corrected chi connectivity index (χ2v) is 2.60. The first-order chi connectivity index (χ1) is 6.18. The van der Waals surface area contributed by atoms with Crippen LogP contribution in [0.15, 0.2) is 4.79 Å². The third-order valence-electron chi connectivity index (χ3n) is 0.724. The van der Waals surface area contributed by atoms with Crippen LogP contribution in [0, 0.1) is 10.2 Å². The minimum atomic E-state index is -4.94. The van der Waals surface area contributed by atoms with Gasteiger partial charge in [0.2, 0.25) is 0 Å². The van der Waals surface area contributed by atoms with Gasteiger partial charge in [-0.25, -0.2) is 33.4 Å². The number of anilines is 2. The standard InChI is InChI=1S/C3H5N5O.ClHO4/c4-1-6-2(5)8-3(9)7-1;2-1(3,4)5/h(H5,4,5,6,7,8,9);(H,2,3,4,5). The maximum atomic E-state index is 10.4. The number of H-pyrrole nitrogens is 2. The molecule has 11 heteroatoms. The highest BCUT2D eigenvalue weighted by molar-refractivity contribution is 5.17. The van der Waals surface area contributed by atoms with Gasteiger partial charge in [-0.1, -0.05) is 4.98 Å². The van der Waals surface area contributed by atoms with Gasteiger partial charge in [-0.15, -0.1) is 10.2 Å². The van der Waals surface area contributed by atoms with E-state index in [0.29, 0.717) is 0 Å². The van der Waals surface area contributed by atoms with Gasteiger partial charge in [-0.2, -0.15) is 0 Å². The number of rotatable bonds is 0. The summed E-state index contributed by atoms with van der Waals surface area (Å²) in [6.45, 7) is 0. The van der Waals surface area contributed by atoms with E-state index in [1.54, 1.807) is 0 Å². The van der Waals surface area contributed by atoms with Crippen molar-refractivity contribution in [3.63, 3.8) is 0 Å². The lowest BCUT2D eigenvalue weighted by atomic mass is 10.9. The molecule has 1 aromatic rings. The average Bonchev–Trinajstić information content (AvgIpc) is 1.77. The Bertz CT molecular complexity index is 317. The van der Waals surface area contributed by atoms with Crippen molar-refractivity contribution < 1.29 is 33.9 Å². The first-order valence-electron chi connectivity index (χ1n) is 2.85. The molecule has 14 heavy (non-hydrogen) atoms. The number of halogens is 1. The van der Waals surface area contributed by atoms with E-state index >= 15 is 0 Å². The van der Waals surface area contributed by atoms with E-state index in [9.17, 15) is 4.79 Å². The Morgan fingerprint density at radius 3 is 2.00 bits per heavy atom. The molecular formula is C3H6ClN5O5. The van der Waals surface area contributed by atoms with Crippen LogP contribution in [0.5, 0.6) is 0 Å². The van der Waals surface area contributed by atoms with E-state index < -0.39 is 15.9 Å². The molecule has 6 N–H and O–H groups in total. The maximum absolute atomic E-state index is 10.4. The Hall–Kier alpha value is -1.46. The van der Waals surface area contributed by atoms with Crippen molar-refractivity contribution >= 4 is 11.9 Å². The SMILES string of the molecule is Nc1nc(N)[nH+]c(=O)[nH]1.[O-][Cl+3]([O-])([O-])[O-]. The molecular weight excluding hydrogens is 222 g/mol. The first-order valence-corrected chi connectivity index (χ1v) is 4.08. The van der Waals surface area contributed by atoms with Crippen molar-refractivity contribution in [2.45, 2.75) is 0 Å². The highest BCUT2D eigenvalue weighted by atomic mass is 35.7. The van der Waals surface area contributed by atoms with Crippen molar-refractivity contribution in [1.29, 1.82) is 0 Å². The zero-order valence-electron chi connectivity index (χ0n) is 6.52. The molecule has 0 atom stereocenters. The quantitative estimate of drug-likeness (QED) is 0.387. The molecule has 1 heterocycles. The highest BCUT2D eigenvalue weighted by Gasteiger charge is 1.98. The van der Waals surface area contributed by atoms with Crippen LogP contribution in [-0.4, -0.2) is 9.97 Å². The molecule has 0 fully saturated rings. The van der Waals surface area contributed by atoms with Crippen LogP contribution in [-0.2, 0) is 0 Å². The first kappa shape index (κ1) is 12.5. The lowest BCUT2D eigenvalue weighted by Gasteiger charge is -2.17. The topological polar surface area (TPSA) is 204 Å². The van der Waals surface area contributed by atoms with Gasteiger partial charge in [-0.3, -0.25) is 0 Å². The molecule has 0 unspecified atom stereocenters. The van der Waals surface area contributed by atoms with Gasteiger partial charge in [0.15, 0.2) is 0 Å². The number of nitrogens with zero attached hydrogens (tertiary/aromatic N) is 1. The second kappa shape index (κ2) is 4.69. The number of nitrogen functional groups attached to an aromatic ring is 2. The zero-order valence-corrected chi connectivity index (χ0v) is 7.28. The Labute approximate surface area is 78.6 Å². The van der Waals surface area contributed by atoms with Gasteiger partial charge >= 0.3 is 17.6 Å². The van der Waals surface area contributed by atoms with Crippen molar-refractivity contribution in [3.8, 4) is 0 Å². The molecule has 10 nitrogen and oxygen atoms in total. The minimum absolute atomic E-state index is 0.0104. The van der Waals surface area contributed by atoms with Crippen LogP contribution in [0.1, 0.15) is 0 Å². The van der Waals surface area contributed by atoms with Gasteiger partial charge in [0, 0.05) is 0 Å². The van der Waals surface area contributed by atoms with E-state index in [1.165, 1.54) is 0 Å². The molecule has 0 saturated carbocycles. The zero-order chi connectivity index (χ0) is 11.4. The summed E-state index contributed by atoms with van der Waals surface area (Å²) in [5.74, 6) is 0.0208. The van der Waals surface area contributed by atoms with Gasteiger partial charge < -0.3 is 11.5 Å². The van der Waals surface area contributed by atoms with Crippen LogP contribution < -0.4 is 40.8 Å². The third-order valence-corrected chi connectivity index (χ3v) is 0.724. The fourth-order valence-corrected chi connectivity index (χ4v) is 0.450. The predicted octanol–water partition coefficient (Wildman–Crippen LogP) is -7.01. The molecule has 1 rings (SSSR count). The number of aromatic amines is 2. The van der Waals surface area contributed by atoms with Crippen LogP contribution in [0.3, 0.4) is 0 Å². The number of nitrogens with one attached hydrogen (secondary N) is 2. The Balaban J connectivity index is 0.000000292. The Morgan fingerprint density at radius 2 is 1.71 bits per heavy atom. The largest absolute Gasteiger partial charge is 0.415 e. The van der Waals surface area contributed by atoms with Crippen LogP contribution in [0.2, 0.25) is 0 Å². The van der Waals surface area contributed by atoms with E-state index in [2.05, 4.69) is 15.0 Å². The summed E-state index contributed by atoms with van der Waals surface area (Å²) >= 11 is 0. The van der Waals surface area contributed by atoms with Crippen molar-refractivity contribution in [1.82, 2.24) is 9.97 Å². The number of nitrogens with two attached hydrogens (primary N) is 2. The molecule has 0 aliphatic rings. The summed E-state index contributed by atoms with van der Waals surface area (Å²) in [5, 5.41) is 0. The van der Waals surface area contributed by atoms with E-state index in [0.717, 1.165) is 0 Å². The summed E-state index contributed by atoms with van der Waals surface area (Å²) in [6.07, 6.45) is 0. The lowest BCUT2D eigenvalue weighted by Crippen LogP contribution is -2.68. The molecule has 0 aliphatic heterocycles. The average molecular weight is 228 g/mol. The predicted molar refractivity (Wildman–Crippen MR) is 30.2 cm³/mol. The van der Waals surface area contributed by atoms with E-state index in [1.807, 2.05) is 0 Å². The third kappa shape index (κ3) is 8.63.